The zero-order chi connectivity index (χ0) is 15.6. The van der Waals surface area contributed by atoms with Crippen LogP contribution >= 0.6 is 0 Å². The van der Waals surface area contributed by atoms with E-state index in [9.17, 15) is 28.2 Å². The van der Waals surface area contributed by atoms with Gasteiger partial charge in [-0.15, -0.1) is 0 Å². The number of sulfone groups is 1. The number of carboxylic acid groups (broad SMARTS) is 2. The molecule has 2 aromatic rings. The second-order valence-corrected chi connectivity index (χ2v) is 5.96. The molecule has 0 radical (unpaired) electrons. The van der Waals surface area contributed by atoms with Crippen molar-refractivity contribution in [1.82, 2.24) is 0 Å². The number of carbonyl (C=O) groups excluding carboxylic acids is 2. The van der Waals surface area contributed by atoms with Crippen LogP contribution in [0.5, 0.6) is 0 Å². The second kappa shape index (κ2) is 6.72. The third kappa shape index (κ3) is 3.18. The first-order valence-electron chi connectivity index (χ1n) is 5.71. The van der Waals surface area contributed by atoms with Crippen molar-refractivity contribution >= 4 is 21.8 Å². The Hall–Kier alpha value is -2.18. The summed E-state index contributed by atoms with van der Waals surface area (Å²) in [4.78, 5) is 21.0. The van der Waals surface area contributed by atoms with E-state index >= 15 is 0 Å². The van der Waals surface area contributed by atoms with Crippen molar-refractivity contribution < 1.29 is 44.7 Å². The Labute approximate surface area is 136 Å². The molecule has 22 heavy (non-hydrogen) atoms. The number of carbonyl (C=O) groups is 2. The van der Waals surface area contributed by atoms with Gasteiger partial charge in [0.1, 0.15) is 0 Å². The summed E-state index contributed by atoms with van der Waals surface area (Å²) in [6, 6.07) is 9.65. The van der Waals surface area contributed by atoms with Crippen LogP contribution in [0.1, 0.15) is 20.7 Å². The molecule has 0 amide bonds. The first-order chi connectivity index (χ1) is 9.85. The molecule has 0 bridgehead atoms. The summed E-state index contributed by atoms with van der Waals surface area (Å²) in [5.74, 6) is -3.33. The van der Waals surface area contributed by atoms with E-state index in [2.05, 4.69) is 0 Å². The molecule has 0 heterocycles. The van der Waals surface area contributed by atoms with E-state index in [1.165, 1.54) is 24.3 Å². The predicted octanol–water partition coefficient (Wildman–Crippen LogP) is -0.756. The fourth-order valence-corrected chi connectivity index (χ4v) is 3.49. The average Bonchev–Trinajstić information content (AvgIpc) is 2.47. The molecule has 0 spiro atoms. The van der Waals surface area contributed by atoms with Crippen LogP contribution in [0.4, 0.5) is 0 Å². The Kier molecular flexibility index (Phi) is 5.46. The van der Waals surface area contributed by atoms with Gasteiger partial charge in [-0.1, -0.05) is 36.4 Å². The fourth-order valence-electron chi connectivity index (χ4n) is 1.86. The molecule has 0 aliphatic carbocycles. The first-order valence-corrected chi connectivity index (χ1v) is 7.20. The number of aromatic carboxylic acids is 2. The van der Waals surface area contributed by atoms with Gasteiger partial charge in [-0.3, -0.25) is 0 Å². The normalized spacial score (nSPS) is 10.5. The maximum absolute atomic E-state index is 12.5. The second-order valence-electron chi connectivity index (χ2n) is 4.07. The number of carboxylic acids is 2. The summed E-state index contributed by atoms with van der Waals surface area (Å²) < 4.78 is 25.0. The molecular formula is C14H8NiO6S. The van der Waals surface area contributed by atoms with Crippen molar-refractivity contribution in [2.24, 2.45) is 0 Å². The minimum absolute atomic E-state index is 0. The van der Waals surface area contributed by atoms with Crippen LogP contribution in [-0.4, -0.2) is 20.4 Å². The molecule has 0 atom stereocenters. The average molecular weight is 363 g/mol. The smallest absolute Gasteiger partial charge is 0.545 e. The van der Waals surface area contributed by atoms with Crippen LogP contribution in [0.15, 0.2) is 58.3 Å². The first kappa shape index (κ1) is 17.9. The van der Waals surface area contributed by atoms with Gasteiger partial charge >= 0.3 is 16.5 Å². The van der Waals surface area contributed by atoms with Gasteiger partial charge in [0.25, 0.3) is 0 Å². The van der Waals surface area contributed by atoms with Gasteiger partial charge in [-0.05, 0) is 12.1 Å². The largest absolute Gasteiger partial charge is 2.00 e. The molecule has 116 valence electrons. The molecule has 8 heteroatoms. The third-order valence-electron chi connectivity index (χ3n) is 2.79. The topological polar surface area (TPSA) is 114 Å². The SMILES string of the molecule is O=C([O-])c1ccccc1S(=O)(=O)c1ccccc1C(=O)[O-].[Ni+2]. The van der Waals surface area contributed by atoms with E-state index in [4.69, 9.17) is 0 Å². The quantitative estimate of drug-likeness (QED) is 0.660. The number of benzene rings is 2. The molecule has 0 saturated carbocycles. The van der Waals surface area contributed by atoms with E-state index < -0.39 is 42.7 Å². The number of rotatable bonds is 4. The van der Waals surface area contributed by atoms with Gasteiger partial charge in [0.15, 0.2) is 0 Å². The van der Waals surface area contributed by atoms with Crippen molar-refractivity contribution in [3.8, 4) is 0 Å². The molecule has 0 aliphatic rings. The van der Waals surface area contributed by atoms with Gasteiger partial charge < -0.3 is 19.8 Å². The Balaban J connectivity index is 0.00000242. The molecule has 0 fully saturated rings. The Bertz CT molecular complexity index is 765. The fraction of sp³-hybridized carbons (Fsp3) is 0. The van der Waals surface area contributed by atoms with Crippen LogP contribution in [0, 0.1) is 0 Å². The van der Waals surface area contributed by atoms with Crippen molar-refractivity contribution in [3.05, 3.63) is 59.7 Å². The standard InChI is InChI=1S/C14H10O6S.Ni/c15-13(16)9-5-1-3-7-11(9)21(19,20)12-8-4-2-6-10(12)14(17)18;/h1-8H,(H,15,16)(H,17,18);/q;+2/p-2. The van der Waals surface area contributed by atoms with Gasteiger partial charge in [0.05, 0.1) is 21.7 Å². The Morgan fingerprint density at radius 1 is 0.727 bits per heavy atom. The van der Waals surface area contributed by atoms with Gasteiger partial charge in [-0.25, -0.2) is 8.42 Å². The maximum Gasteiger partial charge on any atom is 2.00 e. The van der Waals surface area contributed by atoms with Crippen molar-refractivity contribution in [3.63, 3.8) is 0 Å². The molecule has 0 saturated heterocycles. The van der Waals surface area contributed by atoms with Crippen molar-refractivity contribution in [2.45, 2.75) is 9.79 Å². The maximum atomic E-state index is 12.5. The van der Waals surface area contributed by atoms with Crippen LogP contribution in [0.25, 0.3) is 0 Å². The van der Waals surface area contributed by atoms with Crippen LogP contribution in [0.2, 0.25) is 0 Å². The molecule has 0 aliphatic heterocycles. The van der Waals surface area contributed by atoms with E-state index in [0.717, 1.165) is 24.3 Å². The summed E-state index contributed by atoms with van der Waals surface area (Å²) in [6.45, 7) is 0. The minimum atomic E-state index is -4.33. The van der Waals surface area contributed by atoms with Gasteiger partial charge in [0, 0.05) is 11.1 Å². The zero-order valence-corrected chi connectivity index (χ0v) is 12.6. The van der Waals surface area contributed by atoms with Gasteiger partial charge in [0.2, 0.25) is 9.84 Å². The number of hydrogen-bond acceptors (Lipinski definition) is 6. The Morgan fingerprint density at radius 2 is 1.05 bits per heavy atom. The van der Waals surface area contributed by atoms with E-state index in [1.54, 1.807) is 0 Å². The van der Waals surface area contributed by atoms with E-state index in [-0.39, 0.29) is 16.5 Å². The van der Waals surface area contributed by atoms with Crippen LogP contribution < -0.4 is 10.2 Å². The molecule has 0 unspecified atom stereocenters. The summed E-state index contributed by atoms with van der Waals surface area (Å²) in [5.41, 5.74) is -1.07. The van der Waals surface area contributed by atoms with Crippen molar-refractivity contribution in [1.29, 1.82) is 0 Å². The van der Waals surface area contributed by atoms with Crippen LogP contribution in [0.3, 0.4) is 0 Å². The van der Waals surface area contributed by atoms with Gasteiger partial charge in [-0.2, -0.15) is 0 Å². The van der Waals surface area contributed by atoms with E-state index in [0.29, 0.717) is 0 Å². The molecule has 2 aromatic carbocycles. The zero-order valence-electron chi connectivity index (χ0n) is 10.8. The summed E-state index contributed by atoms with van der Waals surface area (Å²) in [7, 11) is -4.33. The third-order valence-corrected chi connectivity index (χ3v) is 4.66. The van der Waals surface area contributed by atoms with E-state index in [1.807, 2.05) is 0 Å². The molecular weight excluding hydrogens is 355 g/mol. The molecule has 2 rings (SSSR count). The predicted molar refractivity (Wildman–Crippen MR) is 67.0 cm³/mol. The summed E-state index contributed by atoms with van der Waals surface area (Å²) in [5, 5.41) is 22.0. The van der Waals surface area contributed by atoms with Crippen molar-refractivity contribution in [2.75, 3.05) is 0 Å². The molecule has 6 nitrogen and oxygen atoms in total. The summed E-state index contributed by atoms with van der Waals surface area (Å²) in [6.07, 6.45) is 0. The molecule has 0 N–H and O–H groups in total. The minimum Gasteiger partial charge on any atom is -0.545 e. The monoisotopic (exact) mass is 362 g/mol. The number of hydrogen-bond donors (Lipinski definition) is 0. The Morgan fingerprint density at radius 3 is 1.36 bits per heavy atom. The summed E-state index contributed by atoms with van der Waals surface area (Å²) >= 11 is 0. The van der Waals surface area contributed by atoms with Crippen LogP contribution in [-0.2, 0) is 26.3 Å². The molecule has 0 aromatic heterocycles.